The molecule has 2 aromatic carbocycles. The molecular weight excluding hydrogens is 334 g/mol. The number of ether oxygens (including phenoxy) is 1. The summed E-state index contributed by atoms with van der Waals surface area (Å²) in [7, 11) is 0. The zero-order valence-corrected chi connectivity index (χ0v) is 13.3. The van der Waals surface area contributed by atoms with Gasteiger partial charge >= 0.3 is 0 Å². The number of nitro benzene ring substituents is 1. The van der Waals surface area contributed by atoms with Gasteiger partial charge < -0.3 is 4.74 Å². The summed E-state index contributed by atoms with van der Waals surface area (Å²) in [5, 5.41) is 16.9. The molecule has 0 N–H and O–H groups in total. The van der Waals surface area contributed by atoms with E-state index in [9.17, 15) is 14.9 Å². The van der Waals surface area contributed by atoms with E-state index >= 15 is 0 Å². The van der Waals surface area contributed by atoms with Gasteiger partial charge in [0.05, 0.1) is 21.1 Å². The van der Waals surface area contributed by atoms with E-state index in [1.54, 1.807) is 36.4 Å². The Balaban J connectivity index is 2.04. The highest BCUT2D eigenvalue weighted by molar-refractivity contribution is 6.33. The molecule has 122 valence electrons. The number of amides is 1. The minimum Gasteiger partial charge on any atom is -0.445 e. The number of hydrogen-bond donors (Lipinski definition) is 0. The van der Waals surface area contributed by atoms with Crippen LogP contribution in [0.15, 0.2) is 53.6 Å². The first-order valence-electron chi connectivity index (χ1n) is 7.02. The van der Waals surface area contributed by atoms with Crippen LogP contribution in [0.2, 0.25) is 5.02 Å². The fraction of sp³-hybridized carbons (Fsp3) is 0.125. The number of nitrogens with zero attached hydrogens (tertiary/aromatic N) is 3. The molecule has 3 rings (SSSR count). The molecule has 0 saturated carbocycles. The van der Waals surface area contributed by atoms with Gasteiger partial charge in [0.25, 0.3) is 5.69 Å². The van der Waals surface area contributed by atoms with Crippen molar-refractivity contribution in [1.29, 1.82) is 0 Å². The standard InChI is InChI=1S/C16H12ClN3O4/c1-10(21)19-16(12-7-3-5-9-14(12)20(22)23)24-15(18-19)11-6-2-4-8-13(11)17/h2-9,16H,1H3/t16-/m1/s1. The first-order valence-corrected chi connectivity index (χ1v) is 7.40. The largest absolute Gasteiger partial charge is 0.445 e. The van der Waals surface area contributed by atoms with E-state index in [2.05, 4.69) is 5.10 Å². The van der Waals surface area contributed by atoms with E-state index in [1.807, 2.05) is 0 Å². The summed E-state index contributed by atoms with van der Waals surface area (Å²) in [6, 6.07) is 12.9. The summed E-state index contributed by atoms with van der Waals surface area (Å²) in [5.41, 5.74) is 0.597. The smallest absolute Gasteiger partial charge is 0.278 e. The van der Waals surface area contributed by atoms with Gasteiger partial charge in [0.1, 0.15) is 0 Å². The number of carbonyl (C=O) groups is 1. The molecule has 0 radical (unpaired) electrons. The molecule has 0 aliphatic carbocycles. The summed E-state index contributed by atoms with van der Waals surface area (Å²) in [5.74, 6) is -0.265. The van der Waals surface area contributed by atoms with Gasteiger partial charge in [0.2, 0.25) is 18.0 Å². The van der Waals surface area contributed by atoms with Gasteiger partial charge in [0, 0.05) is 13.0 Å². The van der Waals surface area contributed by atoms with Crippen molar-refractivity contribution in [2.75, 3.05) is 0 Å². The molecule has 1 heterocycles. The molecule has 7 nitrogen and oxygen atoms in total. The average Bonchev–Trinajstić information content (AvgIpc) is 3.00. The van der Waals surface area contributed by atoms with E-state index in [1.165, 1.54) is 19.1 Å². The van der Waals surface area contributed by atoms with Crippen LogP contribution >= 0.6 is 11.6 Å². The van der Waals surface area contributed by atoms with Crippen molar-refractivity contribution in [3.05, 3.63) is 74.8 Å². The molecule has 0 spiro atoms. The summed E-state index contributed by atoms with van der Waals surface area (Å²) in [4.78, 5) is 22.6. The molecule has 1 aliphatic heterocycles. The number of halogens is 1. The molecule has 0 saturated heterocycles. The molecule has 0 bridgehead atoms. The van der Waals surface area contributed by atoms with E-state index in [0.717, 1.165) is 5.01 Å². The molecule has 1 aliphatic rings. The minimum atomic E-state index is -1.02. The number of para-hydroxylation sites is 1. The molecule has 0 aromatic heterocycles. The van der Waals surface area contributed by atoms with Gasteiger partial charge in [-0.15, -0.1) is 5.10 Å². The molecule has 24 heavy (non-hydrogen) atoms. The lowest BCUT2D eigenvalue weighted by atomic mass is 10.1. The summed E-state index contributed by atoms with van der Waals surface area (Å²) in [6.45, 7) is 1.31. The van der Waals surface area contributed by atoms with Crippen molar-refractivity contribution in [2.24, 2.45) is 5.10 Å². The Morgan fingerprint density at radius 3 is 2.58 bits per heavy atom. The van der Waals surface area contributed by atoms with E-state index in [4.69, 9.17) is 16.3 Å². The maximum absolute atomic E-state index is 11.9. The van der Waals surface area contributed by atoms with Crippen LogP contribution in [0.5, 0.6) is 0 Å². The Hall–Kier alpha value is -2.93. The number of benzene rings is 2. The van der Waals surface area contributed by atoms with Gasteiger partial charge in [0.15, 0.2) is 0 Å². The summed E-state index contributed by atoms with van der Waals surface area (Å²) in [6.07, 6.45) is -1.02. The first kappa shape index (κ1) is 15.9. The third-order valence-corrected chi connectivity index (χ3v) is 3.80. The SMILES string of the molecule is CC(=O)N1N=C(c2ccccc2Cl)O[C@@H]1c1ccccc1[N+](=O)[O-]. The highest BCUT2D eigenvalue weighted by atomic mass is 35.5. The van der Waals surface area contributed by atoms with E-state index in [-0.39, 0.29) is 17.1 Å². The Bertz CT molecular complexity index is 853. The number of hydrazone groups is 1. The lowest BCUT2D eigenvalue weighted by Gasteiger charge is -2.19. The Labute approximate surface area is 142 Å². The minimum absolute atomic E-state index is 0.138. The molecule has 1 atom stereocenters. The Morgan fingerprint density at radius 1 is 1.25 bits per heavy atom. The number of rotatable bonds is 3. The lowest BCUT2D eigenvalue weighted by Crippen LogP contribution is -2.25. The summed E-state index contributed by atoms with van der Waals surface area (Å²) >= 11 is 6.13. The number of carbonyl (C=O) groups excluding carboxylic acids is 1. The topological polar surface area (TPSA) is 85.0 Å². The van der Waals surface area contributed by atoms with Crippen LogP contribution in [0.25, 0.3) is 0 Å². The van der Waals surface area contributed by atoms with Crippen molar-refractivity contribution in [1.82, 2.24) is 5.01 Å². The second kappa shape index (κ2) is 6.29. The van der Waals surface area contributed by atoms with Crippen LogP contribution in [0.4, 0.5) is 5.69 Å². The lowest BCUT2D eigenvalue weighted by molar-refractivity contribution is -0.386. The third-order valence-electron chi connectivity index (χ3n) is 3.47. The van der Waals surface area contributed by atoms with Gasteiger partial charge in [-0.05, 0) is 18.2 Å². The predicted octanol–water partition coefficient (Wildman–Crippen LogP) is 3.49. The molecule has 8 heteroatoms. The summed E-state index contributed by atoms with van der Waals surface area (Å²) < 4.78 is 5.75. The van der Waals surface area contributed by atoms with Crippen LogP contribution in [-0.2, 0) is 9.53 Å². The molecular formula is C16H12ClN3O4. The van der Waals surface area contributed by atoms with Gasteiger partial charge in [-0.25, -0.2) is 0 Å². The monoisotopic (exact) mass is 345 g/mol. The van der Waals surface area contributed by atoms with Crippen molar-refractivity contribution < 1.29 is 14.5 Å². The maximum Gasteiger partial charge on any atom is 0.278 e. The highest BCUT2D eigenvalue weighted by Gasteiger charge is 2.37. The fourth-order valence-electron chi connectivity index (χ4n) is 2.37. The van der Waals surface area contributed by atoms with Crippen LogP contribution in [-0.4, -0.2) is 21.7 Å². The molecule has 0 fully saturated rings. The number of hydrogen-bond acceptors (Lipinski definition) is 5. The maximum atomic E-state index is 11.9. The van der Waals surface area contributed by atoms with Crippen LogP contribution in [0.1, 0.15) is 24.3 Å². The normalized spacial score (nSPS) is 16.5. The Kier molecular flexibility index (Phi) is 4.18. The van der Waals surface area contributed by atoms with Crippen molar-refractivity contribution in [2.45, 2.75) is 13.2 Å². The van der Waals surface area contributed by atoms with E-state index in [0.29, 0.717) is 10.6 Å². The zero-order valence-electron chi connectivity index (χ0n) is 12.5. The average molecular weight is 346 g/mol. The Morgan fingerprint density at radius 2 is 1.92 bits per heavy atom. The van der Waals surface area contributed by atoms with Crippen LogP contribution < -0.4 is 0 Å². The van der Waals surface area contributed by atoms with Crippen molar-refractivity contribution in [3.63, 3.8) is 0 Å². The molecule has 1 amide bonds. The zero-order chi connectivity index (χ0) is 17.3. The number of nitro groups is 1. The van der Waals surface area contributed by atoms with Crippen molar-refractivity contribution in [3.8, 4) is 0 Å². The molecule has 2 aromatic rings. The van der Waals surface area contributed by atoms with Gasteiger partial charge in [-0.2, -0.15) is 5.01 Å². The third kappa shape index (κ3) is 2.81. The quantitative estimate of drug-likeness (QED) is 0.629. The van der Waals surface area contributed by atoms with E-state index < -0.39 is 17.1 Å². The van der Waals surface area contributed by atoms with Gasteiger partial charge in [-0.1, -0.05) is 35.9 Å². The van der Waals surface area contributed by atoms with Crippen LogP contribution in [0.3, 0.4) is 0 Å². The molecule has 0 unspecified atom stereocenters. The van der Waals surface area contributed by atoms with Crippen LogP contribution in [0, 0.1) is 10.1 Å². The fourth-order valence-corrected chi connectivity index (χ4v) is 2.59. The van der Waals surface area contributed by atoms with Gasteiger partial charge in [-0.3, -0.25) is 14.9 Å². The second-order valence-electron chi connectivity index (χ2n) is 5.03. The second-order valence-corrected chi connectivity index (χ2v) is 5.44. The first-order chi connectivity index (χ1) is 11.5. The predicted molar refractivity (Wildman–Crippen MR) is 87.4 cm³/mol. The van der Waals surface area contributed by atoms with Crippen molar-refractivity contribution >= 4 is 29.1 Å². The highest BCUT2D eigenvalue weighted by Crippen LogP contribution is 2.36.